The maximum absolute atomic E-state index is 13.0. The van der Waals surface area contributed by atoms with Crippen LogP contribution in [0.3, 0.4) is 0 Å². The second-order valence-electron chi connectivity index (χ2n) is 11.8. The minimum atomic E-state index is -0.970. The van der Waals surface area contributed by atoms with Gasteiger partial charge in [0.2, 0.25) is 0 Å². The molecule has 210 valence electrons. The summed E-state index contributed by atoms with van der Waals surface area (Å²) in [6.07, 6.45) is 8.37. The van der Waals surface area contributed by atoms with E-state index in [-0.39, 0.29) is 5.60 Å². The molecule has 0 aromatic heterocycles. The van der Waals surface area contributed by atoms with Gasteiger partial charge in [-0.05, 0) is 90.4 Å². The predicted molar refractivity (Wildman–Crippen MR) is 171 cm³/mol. The number of ether oxygens (including phenoxy) is 2. The van der Waals surface area contributed by atoms with Crippen molar-refractivity contribution in [2.24, 2.45) is 5.41 Å². The number of hydrogen-bond acceptors (Lipinski definition) is 3. The van der Waals surface area contributed by atoms with Gasteiger partial charge in [-0.25, -0.2) is 0 Å². The van der Waals surface area contributed by atoms with Crippen LogP contribution in [-0.4, -0.2) is 11.6 Å². The zero-order valence-corrected chi connectivity index (χ0v) is 24.7. The highest BCUT2D eigenvalue weighted by Crippen LogP contribution is 2.57. The lowest BCUT2D eigenvalue weighted by atomic mass is 9.67. The Morgan fingerprint density at radius 2 is 1.50 bits per heavy atom. The van der Waals surface area contributed by atoms with E-state index in [1.54, 1.807) is 19.1 Å². The van der Waals surface area contributed by atoms with Crippen LogP contribution in [0.4, 0.5) is 0 Å². The highest BCUT2D eigenvalue weighted by atomic mass is 16.5. The molecule has 3 heteroatoms. The molecule has 4 aromatic carbocycles. The number of carbonyl (C=O) groups excluding carboxylic acids is 1. The number of aryl methyl sites for hydroxylation is 1. The standard InChI is InChI=1S/C39H36O3/c1-7-37(5,8-2)36(40)41-34-20-18-28(24-26(34)4)39(29-19-21-35-27(25-29)22-23-38(6,9-3)42-35)32-16-12-10-14-30(32)31-15-11-13-17-33(31)39/h7-8,10-25H,1-2,9H2,3-6H3. The third-order valence-corrected chi connectivity index (χ3v) is 9.15. The summed E-state index contributed by atoms with van der Waals surface area (Å²) >= 11 is 0. The van der Waals surface area contributed by atoms with Crippen LogP contribution in [0.25, 0.3) is 17.2 Å². The summed E-state index contributed by atoms with van der Waals surface area (Å²) in [7, 11) is 0. The fourth-order valence-corrected chi connectivity index (χ4v) is 6.23. The molecule has 3 nitrogen and oxygen atoms in total. The third kappa shape index (κ3) is 4.07. The Kier molecular flexibility index (Phi) is 6.57. The summed E-state index contributed by atoms with van der Waals surface area (Å²) in [5, 5.41) is 0. The molecule has 1 aliphatic heterocycles. The number of fused-ring (bicyclic) bond motifs is 4. The summed E-state index contributed by atoms with van der Waals surface area (Å²) in [5.41, 5.74) is 7.22. The van der Waals surface area contributed by atoms with E-state index < -0.39 is 16.8 Å². The lowest BCUT2D eigenvalue weighted by molar-refractivity contribution is -0.140. The van der Waals surface area contributed by atoms with Crippen LogP contribution in [0.15, 0.2) is 116 Å². The van der Waals surface area contributed by atoms with Gasteiger partial charge in [-0.1, -0.05) is 91.9 Å². The molecule has 0 spiro atoms. The Morgan fingerprint density at radius 3 is 2.10 bits per heavy atom. The van der Waals surface area contributed by atoms with Crippen molar-refractivity contribution in [1.29, 1.82) is 0 Å². The average Bonchev–Trinajstić information content (AvgIpc) is 3.32. The molecule has 0 bridgehead atoms. The van der Waals surface area contributed by atoms with Crippen molar-refractivity contribution in [3.63, 3.8) is 0 Å². The maximum Gasteiger partial charge on any atom is 0.324 e. The highest BCUT2D eigenvalue weighted by molar-refractivity contribution is 5.87. The molecule has 1 atom stereocenters. The number of carbonyl (C=O) groups is 1. The summed E-state index contributed by atoms with van der Waals surface area (Å²) in [5.74, 6) is 1.01. The van der Waals surface area contributed by atoms with Crippen molar-refractivity contribution in [1.82, 2.24) is 0 Å². The average molecular weight is 553 g/mol. The molecule has 0 N–H and O–H groups in total. The summed E-state index contributed by atoms with van der Waals surface area (Å²) in [6.45, 7) is 15.6. The van der Waals surface area contributed by atoms with Crippen molar-refractivity contribution in [2.75, 3.05) is 0 Å². The van der Waals surface area contributed by atoms with E-state index in [0.717, 1.165) is 34.4 Å². The second kappa shape index (κ2) is 10.0. The first-order chi connectivity index (χ1) is 20.2. The van der Waals surface area contributed by atoms with E-state index in [1.165, 1.54) is 22.3 Å². The number of rotatable bonds is 7. The van der Waals surface area contributed by atoms with E-state index in [2.05, 4.69) is 118 Å². The molecule has 0 fully saturated rings. The molecule has 0 saturated carbocycles. The zero-order valence-electron chi connectivity index (χ0n) is 24.7. The Labute approximate surface area is 248 Å². The van der Waals surface area contributed by atoms with Crippen LogP contribution in [0, 0.1) is 12.3 Å². The van der Waals surface area contributed by atoms with Crippen LogP contribution in [0.2, 0.25) is 0 Å². The first-order valence-electron chi connectivity index (χ1n) is 14.5. The van der Waals surface area contributed by atoms with E-state index in [9.17, 15) is 4.79 Å². The van der Waals surface area contributed by atoms with Gasteiger partial charge in [0, 0.05) is 5.56 Å². The van der Waals surface area contributed by atoms with Gasteiger partial charge in [-0.2, -0.15) is 0 Å². The first-order valence-corrected chi connectivity index (χ1v) is 14.5. The lowest BCUT2D eigenvalue weighted by Crippen LogP contribution is -2.32. The molecular formula is C39H36O3. The van der Waals surface area contributed by atoms with E-state index >= 15 is 0 Å². The van der Waals surface area contributed by atoms with Crippen LogP contribution in [0.5, 0.6) is 11.5 Å². The lowest BCUT2D eigenvalue weighted by Gasteiger charge is -2.36. The second-order valence-corrected chi connectivity index (χ2v) is 11.8. The van der Waals surface area contributed by atoms with Crippen molar-refractivity contribution >= 4 is 12.0 Å². The fourth-order valence-electron chi connectivity index (χ4n) is 6.23. The molecule has 1 unspecified atom stereocenters. The maximum atomic E-state index is 13.0. The first kappa shape index (κ1) is 27.5. The summed E-state index contributed by atoms with van der Waals surface area (Å²) < 4.78 is 12.3. The third-order valence-electron chi connectivity index (χ3n) is 9.15. The zero-order chi connectivity index (χ0) is 29.7. The quantitative estimate of drug-likeness (QED) is 0.115. The number of hydrogen-bond donors (Lipinski definition) is 0. The van der Waals surface area contributed by atoms with Gasteiger partial charge in [0.05, 0.1) is 5.41 Å². The van der Waals surface area contributed by atoms with Gasteiger partial charge < -0.3 is 9.47 Å². The number of benzene rings is 4. The normalized spacial score (nSPS) is 17.8. The van der Waals surface area contributed by atoms with Crippen LogP contribution in [-0.2, 0) is 10.2 Å². The minimum Gasteiger partial charge on any atom is -0.483 e. The van der Waals surface area contributed by atoms with Crippen LogP contribution < -0.4 is 9.47 Å². The van der Waals surface area contributed by atoms with Crippen molar-refractivity contribution < 1.29 is 14.3 Å². The Bertz CT molecular complexity index is 1720. The molecule has 0 radical (unpaired) electrons. The van der Waals surface area contributed by atoms with E-state index in [4.69, 9.17) is 9.47 Å². The molecule has 1 aliphatic carbocycles. The van der Waals surface area contributed by atoms with Gasteiger partial charge in [-0.15, -0.1) is 13.2 Å². The summed E-state index contributed by atoms with van der Waals surface area (Å²) in [6, 6.07) is 30.1. The minimum absolute atomic E-state index is 0.309. The smallest absolute Gasteiger partial charge is 0.324 e. The van der Waals surface area contributed by atoms with Crippen molar-refractivity contribution in [3.8, 4) is 22.6 Å². The largest absolute Gasteiger partial charge is 0.483 e. The topological polar surface area (TPSA) is 35.5 Å². The highest BCUT2D eigenvalue weighted by Gasteiger charge is 2.46. The fraction of sp³-hybridized carbons (Fsp3) is 0.205. The SMILES string of the molecule is C=CC(C)(C=C)C(=O)Oc1ccc(C2(c3ccc4c(c3)C=CC(C)(CC)O4)c3ccccc3-c3ccccc32)cc1C. The molecule has 0 saturated heterocycles. The Hall–Kier alpha value is -4.63. The van der Waals surface area contributed by atoms with Crippen molar-refractivity contribution in [2.45, 2.75) is 45.1 Å². The molecule has 0 amide bonds. The van der Waals surface area contributed by atoms with Gasteiger partial charge >= 0.3 is 5.97 Å². The molecule has 6 rings (SSSR count). The van der Waals surface area contributed by atoms with Crippen molar-refractivity contribution in [3.05, 3.63) is 150 Å². The Balaban J connectivity index is 1.56. The van der Waals surface area contributed by atoms with Gasteiger partial charge in [0.15, 0.2) is 0 Å². The number of esters is 1. The van der Waals surface area contributed by atoms with Crippen LogP contribution in [0.1, 0.15) is 60.6 Å². The molecule has 42 heavy (non-hydrogen) atoms. The van der Waals surface area contributed by atoms with Gasteiger partial charge in [-0.3, -0.25) is 4.79 Å². The Morgan fingerprint density at radius 1 is 0.905 bits per heavy atom. The van der Waals surface area contributed by atoms with E-state index in [0.29, 0.717) is 5.75 Å². The molecule has 2 aliphatic rings. The molecule has 1 heterocycles. The molecular weight excluding hydrogens is 516 g/mol. The monoisotopic (exact) mass is 552 g/mol. The summed E-state index contributed by atoms with van der Waals surface area (Å²) in [4.78, 5) is 13.0. The predicted octanol–water partition coefficient (Wildman–Crippen LogP) is 9.22. The van der Waals surface area contributed by atoms with Crippen LogP contribution >= 0.6 is 0 Å². The van der Waals surface area contributed by atoms with Gasteiger partial charge in [0.25, 0.3) is 0 Å². The molecule has 4 aromatic rings. The van der Waals surface area contributed by atoms with E-state index in [1.807, 2.05) is 13.0 Å². The van der Waals surface area contributed by atoms with Gasteiger partial charge in [0.1, 0.15) is 22.5 Å².